The van der Waals surface area contributed by atoms with Gasteiger partial charge in [0.05, 0.1) is 12.1 Å². The number of hydrogen-bond donors (Lipinski definition) is 1. The highest BCUT2D eigenvalue weighted by molar-refractivity contribution is 5.46. The molecule has 8 heteroatoms. The Bertz CT molecular complexity index is 563. The molecule has 8 nitrogen and oxygen atoms in total. The van der Waals surface area contributed by atoms with Gasteiger partial charge < -0.3 is 14.2 Å². The van der Waals surface area contributed by atoms with Crippen molar-refractivity contribution in [3.63, 3.8) is 0 Å². The van der Waals surface area contributed by atoms with Crippen molar-refractivity contribution >= 4 is 5.88 Å². The van der Waals surface area contributed by atoms with Gasteiger partial charge in [0.1, 0.15) is 4.92 Å². The maximum absolute atomic E-state index is 10.5. The van der Waals surface area contributed by atoms with E-state index in [1.807, 2.05) is 6.92 Å². The minimum Gasteiger partial charge on any atom is -0.416 e. The molecule has 0 radical (unpaired) electrons. The zero-order valence-corrected chi connectivity index (χ0v) is 10.6. The van der Waals surface area contributed by atoms with Gasteiger partial charge in [-0.3, -0.25) is 10.1 Å². The molecule has 102 valence electrons. The molecule has 0 aliphatic rings. The maximum Gasteiger partial charge on any atom is 0.433 e. The van der Waals surface area contributed by atoms with E-state index in [0.29, 0.717) is 5.89 Å². The third kappa shape index (κ3) is 2.97. The number of hydrogen-bond acceptors (Lipinski definition) is 7. The zero-order chi connectivity index (χ0) is 13.8. The van der Waals surface area contributed by atoms with E-state index < -0.39 is 4.92 Å². The van der Waals surface area contributed by atoms with Gasteiger partial charge in [-0.2, -0.15) is 0 Å². The van der Waals surface area contributed by atoms with Gasteiger partial charge in [-0.1, -0.05) is 6.92 Å². The molecule has 1 N–H and O–H groups in total. The third-order valence-corrected chi connectivity index (χ3v) is 2.49. The first-order valence-electron chi connectivity index (χ1n) is 5.93. The molecule has 0 aliphatic carbocycles. The fraction of sp³-hybridized carbons (Fsp3) is 0.455. The highest BCUT2D eigenvalue weighted by Crippen LogP contribution is 2.26. The summed E-state index contributed by atoms with van der Waals surface area (Å²) >= 11 is 0. The summed E-state index contributed by atoms with van der Waals surface area (Å²) < 4.78 is 10.4. The second-order valence-electron chi connectivity index (χ2n) is 4.02. The minimum absolute atomic E-state index is 0.0776. The topological polar surface area (TPSA) is 107 Å². The lowest BCUT2D eigenvalue weighted by atomic mass is 10.3. The number of furan rings is 1. The molecule has 0 saturated carbocycles. The van der Waals surface area contributed by atoms with Crippen molar-refractivity contribution in [1.82, 2.24) is 15.5 Å². The predicted octanol–water partition coefficient (Wildman–Crippen LogP) is 2.30. The molecular formula is C11H14N4O4. The van der Waals surface area contributed by atoms with Gasteiger partial charge in [0, 0.05) is 0 Å². The van der Waals surface area contributed by atoms with Gasteiger partial charge in [0.2, 0.25) is 5.89 Å². The van der Waals surface area contributed by atoms with E-state index in [0.717, 1.165) is 13.0 Å². The normalized spacial score (nSPS) is 12.5. The minimum atomic E-state index is -0.619. The van der Waals surface area contributed by atoms with E-state index in [4.69, 9.17) is 8.83 Å². The second-order valence-corrected chi connectivity index (χ2v) is 4.02. The van der Waals surface area contributed by atoms with E-state index in [2.05, 4.69) is 22.4 Å². The lowest BCUT2D eigenvalue weighted by Crippen LogP contribution is -2.19. The monoisotopic (exact) mass is 266 g/mol. The molecular weight excluding hydrogens is 252 g/mol. The van der Waals surface area contributed by atoms with E-state index >= 15 is 0 Å². The Balaban J connectivity index is 2.13. The summed E-state index contributed by atoms with van der Waals surface area (Å²) in [6.07, 6.45) is 0.996. The molecule has 2 aromatic heterocycles. The summed E-state index contributed by atoms with van der Waals surface area (Å²) in [5, 5.41) is 21.4. The van der Waals surface area contributed by atoms with Crippen LogP contribution in [-0.4, -0.2) is 21.7 Å². The smallest absolute Gasteiger partial charge is 0.416 e. The SMILES string of the molecule is CCCNC(C)c1nnc(-c2ccc([N+](=O)[O-])o2)o1. The van der Waals surface area contributed by atoms with Crippen LogP contribution in [0, 0.1) is 10.1 Å². The molecule has 1 unspecified atom stereocenters. The maximum atomic E-state index is 10.5. The van der Waals surface area contributed by atoms with Gasteiger partial charge in [0.15, 0.2) is 5.76 Å². The standard InChI is InChI=1S/C11H14N4O4/c1-3-6-12-7(2)10-13-14-11(19-10)8-4-5-9(18-8)15(16)17/h4-5,7,12H,3,6H2,1-2H3. The molecule has 0 amide bonds. The van der Waals surface area contributed by atoms with Crippen molar-refractivity contribution in [2.24, 2.45) is 0 Å². The van der Waals surface area contributed by atoms with Gasteiger partial charge in [-0.15, -0.1) is 10.2 Å². The molecule has 2 heterocycles. The van der Waals surface area contributed by atoms with E-state index in [1.165, 1.54) is 12.1 Å². The molecule has 2 rings (SSSR count). The Hall–Kier alpha value is -2.22. The van der Waals surface area contributed by atoms with E-state index in [-0.39, 0.29) is 23.6 Å². The van der Waals surface area contributed by atoms with Crippen LogP contribution in [0.3, 0.4) is 0 Å². The molecule has 0 bridgehead atoms. The summed E-state index contributed by atoms with van der Waals surface area (Å²) in [6.45, 7) is 4.80. The van der Waals surface area contributed by atoms with Gasteiger partial charge >= 0.3 is 5.88 Å². The van der Waals surface area contributed by atoms with Crippen molar-refractivity contribution in [2.45, 2.75) is 26.3 Å². The van der Waals surface area contributed by atoms with E-state index in [9.17, 15) is 10.1 Å². The van der Waals surface area contributed by atoms with Crippen LogP contribution in [0.15, 0.2) is 21.0 Å². The Morgan fingerprint density at radius 2 is 2.21 bits per heavy atom. The molecule has 0 saturated heterocycles. The van der Waals surface area contributed by atoms with Crippen LogP contribution in [0.5, 0.6) is 0 Å². The van der Waals surface area contributed by atoms with Crippen LogP contribution in [0.1, 0.15) is 32.2 Å². The number of rotatable bonds is 6. The number of nitro groups is 1. The lowest BCUT2D eigenvalue weighted by molar-refractivity contribution is -0.401. The summed E-state index contributed by atoms with van der Waals surface area (Å²) in [6, 6.07) is 2.60. The highest BCUT2D eigenvalue weighted by Gasteiger charge is 2.19. The van der Waals surface area contributed by atoms with Gasteiger partial charge in [0.25, 0.3) is 5.89 Å². The van der Waals surface area contributed by atoms with Crippen molar-refractivity contribution in [1.29, 1.82) is 0 Å². The summed E-state index contributed by atoms with van der Waals surface area (Å²) in [5.74, 6) is 0.385. The van der Waals surface area contributed by atoms with Crippen LogP contribution in [-0.2, 0) is 0 Å². The molecule has 19 heavy (non-hydrogen) atoms. The Kier molecular flexibility index (Phi) is 3.91. The fourth-order valence-electron chi connectivity index (χ4n) is 1.50. The third-order valence-electron chi connectivity index (χ3n) is 2.49. The molecule has 0 aliphatic heterocycles. The molecule has 0 fully saturated rings. The first-order chi connectivity index (χ1) is 9.11. The Morgan fingerprint density at radius 3 is 2.84 bits per heavy atom. The fourth-order valence-corrected chi connectivity index (χ4v) is 1.50. The van der Waals surface area contributed by atoms with Crippen molar-refractivity contribution in [2.75, 3.05) is 6.54 Å². The van der Waals surface area contributed by atoms with Crippen molar-refractivity contribution in [3.05, 3.63) is 28.1 Å². The summed E-state index contributed by atoms with van der Waals surface area (Å²) in [5.41, 5.74) is 0. The first kappa shape index (κ1) is 13.2. The van der Waals surface area contributed by atoms with E-state index in [1.54, 1.807) is 0 Å². The number of nitrogens with zero attached hydrogens (tertiary/aromatic N) is 3. The highest BCUT2D eigenvalue weighted by atomic mass is 16.6. The molecule has 1 atom stereocenters. The Labute approximate surface area is 109 Å². The predicted molar refractivity (Wildman–Crippen MR) is 65.4 cm³/mol. The van der Waals surface area contributed by atoms with Crippen LogP contribution < -0.4 is 5.32 Å². The largest absolute Gasteiger partial charge is 0.433 e. The van der Waals surface area contributed by atoms with Crippen LogP contribution >= 0.6 is 0 Å². The summed E-state index contributed by atoms with van der Waals surface area (Å²) in [4.78, 5) is 9.89. The van der Waals surface area contributed by atoms with Crippen molar-refractivity contribution in [3.8, 4) is 11.7 Å². The molecule has 0 aromatic carbocycles. The van der Waals surface area contributed by atoms with Gasteiger partial charge in [-0.25, -0.2) is 0 Å². The average molecular weight is 266 g/mol. The lowest BCUT2D eigenvalue weighted by Gasteiger charge is -2.07. The Morgan fingerprint density at radius 1 is 1.42 bits per heavy atom. The quantitative estimate of drug-likeness (QED) is 0.631. The van der Waals surface area contributed by atoms with Crippen LogP contribution in [0.25, 0.3) is 11.7 Å². The van der Waals surface area contributed by atoms with Crippen LogP contribution in [0.2, 0.25) is 0 Å². The molecule has 2 aromatic rings. The average Bonchev–Trinajstić information content (AvgIpc) is 3.03. The first-order valence-corrected chi connectivity index (χ1v) is 5.93. The van der Waals surface area contributed by atoms with Crippen molar-refractivity contribution < 1.29 is 13.8 Å². The second kappa shape index (κ2) is 5.61. The summed E-state index contributed by atoms with van der Waals surface area (Å²) in [7, 11) is 0. The number of aromatic nitrogens is 2. The number of nitrogens with one attached hydrogen (secondary N) is 1. The van der Waals surface area contributed by atoms with Crippen LogP contribution in [0.4, 0.5) is 5.88 Å². The zero-order valence-electron chi connectivity index (χ0n) is 10.6. The molecule has 0 spiro atoms. The van der Waals surface area contributed by atoms with Gasteiger partial charge in [-0.05, 0) is 26.0 Å².